The lowest BCUT2D eigenvalue weighted by Crippen LogP contribution is -2.39. The van der Waals surface area contributed by atoms with Crippen molar-refractivity contribution in [2.75, 3.05) is 13.1 Å². The van der Waals surface area contributed by atoms with Crippen LogP contribution in [0.3, 0.4) is 0 Å². The fraction of sp³-hybridized carbons (Fsp3) is 0.333. The number of benzene rings is 1. The molecule has 1 heterocycles. The number of rotatable bonds is 1. The van der Waals surface area contributed by atoms with E-state index in [4.69, 9.17) is 0 Å². The summed E-state index contributed by atoms with van der Waals surface area (Å²) in [6.45, 7) is 1.87. The zero-order valence-electron chi connectivity index (χ0n) is 6.62. The molecule has 1 aromatic rings. The lowest BCUT2D eigenvalue weighted by Gasteiger charge is -2.27. The Labute approximate surface area is 70.7 Å². The Hall–Kier alpha value is -1.22. The molecule has 0 bridgehead atoms. The summed E-state index contributed by atoms with van der Waals surface area (Å²) >= 11 is 0. The second-order valence-electron chi connectivity index (χ2n) is 3.14. The molecule has 0 unspecified atom stereocenters. The highest BCUT2D eigenvalue weighted by molar-refractivity contribution is 5.39. The van der Waals surface area contributed by atoms with Crippen LogP contribution in [0.1, 0.15) is 11.5 Å². The largest absolute Gasteiger partial charge is 0.508 e. The van der Waals surface area contributed by atoms with Crippen molar-refractivity contribution >= 4 is 0 Å². The summed E-state index contributed by atoms with van der Waals surface area (Å²) in [7, 11) is 0. The van der Waals surface area contributed by atoms with Gasteiger partial charge in [0.15, 0.2) is 0 Å². The smallest absolute Gasteiger partial charge is 0.119 e. The van der Waals surface area contributed by atoms with Crippen molar-refractivity contribution < 1.29 is 10.2 Å². The maximum atomic E-state index is 9.18. The molecule has 0 aromatic heterocycles. The molecule has 1 saturated heterocycles. The van der Waals surface area contributed by atoms with Crippen LogP contribution in [-0.2, 0) is 0 Å². The van der Waals surface area contributed by atoms with Gasteiger partial charge in [-0.3, -0.25) is 0 Å². The van der Waals surface area contributed by atoms with Crippen LogP contribution in [-0.4, -0.2) is 23.3 Å². The number of hydrogen-bond donors (Lipinski definition) is 3. The van der Waals surface area contributed by atoms with Gasteiger partial charge in [0.05, 0.1) is 0 Å². The SMILES string of the molecule is Oc1cc(O)cc(C2CNC2)c1. The third-order valence-corrected chi connectivity index (χ3v) is 2.18. The molecule has 2 rings (SSSR count). The fourth-order valence-electron chi connectivity index (χ4n) is 1.38. The third-order valence-electron chi connectivity index (χ3n) is 2.18. The van der Waals surface area contributed by atoms with Gasteiger partial charge in [0.1, 0.15) is 11.5 Å². The minimum Gasteiger partial charge on any atom is -0.508 e. The Morgan fingerprint density at radius 2 is 1.67 bits per heavy atom. The molecule has 64 valence electrons. The first-order valence-electron chi connectivity index (χ1n) is 3.99. The van der Waals surface area contributed by atoms with Crippen molar-refractivity contribution in [3.05, 3.63) is 23.8 Å². The van der Waals surface area contributed by atoms with E-state index in [-0.39, 0.29) is 11.5 Å². The van der Waals surface area contributed by atoms with Gasteiger partial charge in [0.25, 0.3) is 0 Å². The minimum atomic E-state index is 0.136. The highest BCUT2D eigenvalue weighted by Crippen LogP contribution is 2.27. The molecule has 1 aliphatic heterocycles. The monoisotopic (exact) mass is 165 g/mol. The van der Waals surface area contributed by atoms with Crippen LogP contribution in [0.2, 0.25) is 0 Å². The first kappa shape index (κ1) is 7.43. The topological polar surface area (TPSA) is 52.5 Å². The standard InChI is InChI=1S/C9H11NO2/c11-8-1-6(2-9(12)3-8)7-4-10-5-7/h1-3,7,10-12H,4-5H2. The molecule has 0 amide bonds. The fourth-order valence-corrected chi connectivity index (χ4v) is 1.38. The Morgan fingerprint density at radius 1 is 1.08 bits per heavy atom. The van der Waals surface area contributed by atoms with E-state index in [9.17, 15) is 10.2 Å². The van der Waals surface area contributed by atoms with Crippen LogP contribution in [0, 0.1) is 0 Å². The number of phenolic OH excluding ortho intramolecular Hbond substituents is 2. The quantitative estimate of drug-likeness (QED) is 0.576. The van der Waals surface area contributed by atoms with E-state index in [1.807, 2.05) is 0 Å². The third kappa shape index (κ3) is 1.23. The summed E-state index contributed by atoms with van der Waals surface area (Å²) in [5.74, 6) is 0.719. The van der Waals surface area contributed by atoms with E-state index in [1.165, 1.54) is 6.07 Å². The highest BCUT2D eigenvalue weighted by atomic mass is 16.3. The average Bonchev–Trinajstić information content (AvgIpc) is 1.79. The van der Waals surface area contributed by atoms with Crippen molar-refractivity contribution in [3.63, 3.8) is 0 Å². The predicted molar refractivity (Wildman–Crippen MR) is 45.4 cm³/mol. The molecule has 0 spiro atoms. The van der Waals surface area contributed by atoms with Crippen molar-refractivity contribution in [1.29, 1.82) is 0 Å². The molecule has 3 nitrogen and oxygen atoms in total. The molecule has 0 atom stereocenters. The van der Waals surface area contributed by atoms with Crippen LogP contribution in [0.25, 0.3) is 0 Å². The summed E-state index contributed by atoms with van der Waals surface area (Å²) in [5.41, 5.74) is 1.01. The van der Waals surface area contributed by atoms with Gasteiger partial charge in [-0.25, -0.2) is 0 Å². The van der Waals surface area contributed by atoms with Gasteiger partial charge in [-0.15, -0.1) is 0 Å². The molecule has 3 N–H and O–H groups in total. The molecule has 12 heavy (non-hydrogen) atoms. The number of phenols is 2. The Morgan fingerprint density at radius 3 is 2.08 bits per heavy atom. The molecule has 3 heteroatoms. The molecule has 0 aliphatic carbocycles. The Kier molecular flexibility index (Phi) is 1.66. The number of hydrogen-bond acceptors (Lipinski definition) is 3. The maximum Gasteiger partial charge on any atom is 0.119 e. The van der Waals surface area contributed by atoms with E-state index in [2.05, 4.69) is 5.32 Å². The van der Waals surface area contributed by atoms with Gasteiger partial charge in [-0.1, -0.05) is 0 Å². The van der Waals surface area contributed by atoms with Crippen LogP contribution >= 0.6 is 0 Å². The van der Waals surface area contributed by atoms with Crippen molar-refractivity contribution in [1.82, 2.24) is 5.32 Å². The van der Waals surface area contributed by atoms with Crippen LogP contribution in [0.5, 0.6) is 11.5 Å². The van der Waals surface area contributed by atoms with Gasteiger partial charge < -0.3 is 15.5 Å². The van der Waals surface area contributed by atoms with E-state index < -0.39 is 0 Å². The highest BCUT2D eigenvalue weighted by Gasteiger charge is 2.19. The Balaban J connectivity index is 2.30. The van der Waals surface area contributed by atoms with Crippen LogP contribution in [0.4, 0.5) is 0 Å². The van der Waals surface area contributed by atoms with E-state index in [1.54, 1.807) is 12.1 Å². The predicted octanol–water partition coefficient (Wildman–Crippen LogP) is 0.785. The van der Waals surface area contributed by atoms with Gasteiger partial charge >= 0.3 is 0 Å². The van der Waals surface area contributed by atoms with Crippen molar-refractivity contribution in [2.45, 2.75) is 5.92 Å². The maximum absolute atomic E-state index is 9.18. The molecule has 1 aromatic carbocycles. The lowest BCUT2D eigenvalue weighted by molar-refractivity contribution is 0.428. The second kappa shape index (κ2) is 2.68. The summed E-state index contributed by atoms with van der Waals surface area (Å²) in [5, 5.41) is 21.5. The number of nitrogens with one attached hydrogen (secondary N) is 1. The first-order chi connectivity index (χ1) is 5.75. The summed E-state index contributed by atoms with van der Waals surface area (Å²) < 4.78 is 0. The van der Waals surface area contributed by atoms with E-state index in [0.717, 1.165) is 18.7 Å². The molecule has 0 saturated carbocycles. The van der Waals surface area contributed by atoms with Crippen molar-refractivity contribution in [3.8, 4) is 11.5 Å². The summed E-state index contributed by atoms with van der Waals surface area (Å²) in [4.78, 5) is 0. The molecule has 0 radical (unpaired) electrons. The summed E-state index contributed by atoms with van der Waals surface area (Å²) in [6, 6.07) is 4.74. The molecular weight excluding hydrogens is 154 g/mol. The van der Waals surface area contributed by atoms with E-state index >= 15 is 0 Å². The van der Waals surface area contributed by atoms with Gasteiger partial charge in [-0.2, -0.15) is 0 Å². The molecule has 1 aliphatic rings. The zero-order chi connectivity index (χ0) is 8.55. The lowest BCUT2D eigenvalue weighted by atomic mass is 9.93. The van der Waals surface area contributed by atoms with Crippen molar-refractivity contribution in [2.24, 2.45) is 0 Å². The van der Waals surface area contributed by atoms with Crippen LogP contribution < -0.4 is 5.32 Å². The number of aromatic hydroxyl groups is 2. The van der Waals surface area contributed by atoms with E-state index in [0.29, 0.717) is 5.92 Å². The van der Waals surface area contributed by atoms with Crippen LogP contribution in [0.15, 0.2) is 18.2 Å². The minimum absolute atomic E-state index is 0.136. The second-order valence-corrected chi connectivity index (χ2v) is 3.14. The average molecular weight is 165 g/mol. The van der Waals surface area contributed by atoms with Gasteiger partial charge in [-0.05, 0) is 17.7 Å². The Bertz CT molecular complexity index is 274. The molecular formula is C9H11NO2. The van der Waals surface area contributed by atoms with Gasteiger partial charge in [0.2, 0.25) is 0 Å². The van der Waals surface area contributed by atoms with Gasteiger partial charge in [0, 0.05) is 25.1 Å². The normalized spacial score (nSPS) is 17.3. The zero-order valence-corrected chi connectivity index (χ0v) is 6.62. The summed E-state index contributed by atoms with van der Waals surface area (Å²) in [6.07, 6.45) is 0. The first-order valence-corrected chi connectivity index (χ1v) is 3.99. The molecule has 1 fully saturated rings.